The summed E-state index contributed by atoms with van der Waals surface area (Å²) in [6.45, 7) is 2.13. The van der Waals surface area contributed by atoms with Crippen LogP contribution in [0.2, 0.25) is 12.1 Å². The first kappa shape index (κ1) is 19.5. The summed E-state index contributed by atoms with van der Waals surface area (Å²) in [6, 6.07) is 4.34. The van der Waals surface area contributed by atoms with Gasteiger partial charge in [-0.2, -0.15) is 5.26 Å². The smallest absolute Gasteiger partial charge is 0.273 e. The molecule has 0 radical (unpaired) electrons. The fraction of sp³-hybridized carbons (Fsp3) is 0.450. The van der Waals surface area contributed by atoms with Gasteiger partial charge in [0, 0.05) is 35.1 Å². The second-order valence-corrected chi connectivity index (χ2v) is 9.23. The fourth-order valence-electron chi connectivity index (χ4n) is 4.72. The number of benzene rings is 1. The summed E-state index contributed by atoms with van der Waals surface area (Å²) < 4.78 is 15.5. The van der Waals surface area contributed by atoms with Crippen LogP contribution in [0.3, 0.4) is 0 Å². The van der Waals surface area contributed by atoms with Gasteiger partial charge in [-0.15, -0.1) is 11.8 Å². The Bertz CT molecular complexity index is 1050. The first-order chi connectivity index (χ1) is 13.5. The van der Waals surface area contributed by atoms with Crippen LogP contribution >= 0.6 is 27.7 Å². The number of aromatic nitrogens is 1. The molecule has 1 saturated carbocycles. The molecule has 28 heavy (non-hydrogen) atoms. The highest BCUT2D eigenvalue weighted by Gasteiger charge is 2.55. The van der Waals surface area contributed by atoms with E-state index >= 15 is 4.39 Å². The lowest BCUT2D eigenvalue weighted by Gasteiger charge is -2.38. The maximum Gasteiger partial charge on any atom is 0.273 e. The molecule has 142 valence electrons. The summed E-state index contributed by atoms with van der Waals surface area (Å²) in [6.07, 6.45) is 4.80. The van der Waals surface area contributed by atoms with Gasteiger partial charge in [-0.3, -0.25) is 0 Å². The Morgan fingerprint density at radius 3 is 2.89 bits per heavy atom. The van der Waals surface area contributed by atoms with Crippen LogP contribution in [0, 0.1) is 41.2 Å². The Morgan fingerprint density at radius 2 is 2.25 bits per heavy atom. The van der Waals surface area contributed by atoms with Crippen molar-refractivity contribution in [2.75, 3.05) is 11.6 Å². The molecule has 5 rings (SSSR count). The first-order valence-corrected chi connectivity index (χ1v) is 11.4. The van der Waals surface area contributed by atoms with E-state index in [0.29, 0.717) is 34.6 Å². The quantitative estimate of drug-likeness (QED) is 0.483. The monoisotopic (exact) mass is 456 g/mol. The van der Waals surface area contributed by atoms with Gasteiger partial charge in [0.05, 0.1) is 10.5 Å². The number of pyridine rings is 1. The minimum atomic E-state index is -0.379. The van der Waals surface area contributed by atoms with Crippen molar-refractivity contribution in [3.63, 3.8) is 0 Å². The Balaban J connectivity index is 1.84. The molecule has 1 aromatic heterocycles. The van der Waals surface area contributed by atoms with E-state index in [-0.39, 0.29) is 18.6 Å². The zero-order valence-corrected chi connectivity index (χ0v) is 18.1. The third kappa shape index (κ3) is 2.98. The molecule has 3 fully saturated rings. The van der Waals surface area contributed by atoms with Gasteiger partial charge in [-0.1, -0.05) is 6.32 Å². The maximum absolute atomic E-state index is 15.2. The van der Waals surface area contributed by atoms with Crippen LogP contribution in [0.1, 0.15) is 24.0 Å². The van der Waals surface area contributed by atoms with E-state index in [1.807, 2.05) is 19.2 Å². The molecule has 3 atom stereocenters. The van der Waals surface area contributed by atoms with E-state index in [0.717, 1.165) is 40.0 Å². The maximum atomic E-state index is 15.2. The molecule has 3 heterocycles. The SMILES string of the molecule is CSc1nc2c(F)c(Br)c(CCC#N)cc2c(NC2C3CB(C#N)C2C3)c1C. The predicted octanol–water partition coefficient (Wildman–Crippen LogP) is 5.36. The lowest BCUT2D eigenvalue weighted by molar-refractivity contribution is 0.340. The van der Waals surface area contributed by atoms with Crippen molar-refractivity contribution >= 4 is 51.0 Å². The van der Waals surface area contributed by atoms with Gasteiger partial charge in [0.25, 0.3) is 6.71 Å². The highest BCUT2D eigenvalue weighted by Crippen LogP contribution is 2.54. The summed E-state index contributed by atoms with van der Waals surface area (Å²) in [4.78, 5) is 4.57. The highest BCUT2D eigenvalue weighted by atomic mass is 79.9. The van der Waals surface area contributed by atoms with Crippen molar-refractivity contribution in [1.29, 1.82) is 10.5 Å². The Morgan fingerprint density at radius 1 is 1.46 bits per heavy atom. The van der Waals surface area contributed by atoms with Crippen molar-refractivity contribution in [3.8, 4) is 12.0 Å². The lowest BCUT2D eigenvalue weighted by atomic mass is 9.44. The molecule has 2 bridgehead atoms. The van der Waals surface area contributed by atoms with Gasteiger partial charge in [0.15, 0.2) is 5.82 Å². The number of hydrogen-bond acceptors (Lipinski definition) is 5. The third-order valence-electron chi connectivity index (χ3n) is 6.23. The normalized spacial score (nSPS) is 22.6. The van der Waals surface area contributed by atoms with E-state index in [1.54, 1.807) is 0 Å². The summed E-state index contributed by atoms with van der Waals surface area (Å²) >= 11 is 4.86. The number of aryl methyl sites for hydroxylation is 1. The van der Waals surface area contributed by atoms with E-state index in [9.17, 15) is 5.26 Å². The van der Waals surface area contributed by atoms with Crippen LogP contribution in [0.15, 0.2) is 15.6 Å². The predicted molar refractivity (Wildman–Crippen MR) is 115 cm³/mol. The molecular weight excluding hydrogens is 438 g/mol. The molecule has 3 unspecified atom stereocenters. The van der Waals surface area contributed by atoms with Crippen molar-refractivity contribution in [2.24, 2.45) is 5.92 Å². The third-order valence-corrected chi connectivity index (χ3v) is 7.87. The van der Waals surface area contributed by atoms with Gasteiger partial charge in [-0.25, -0.2) is 14.6 Å². The van der Waals surface area contributed by atoms with Crippen molar-refractivity contribution in [3.05, 3.63) is 27.5 Å². The fourth-order valence-corrected chi connectivity index (χ4v) is 5.81. The lowest BCUT2D eigenvalue weighted by Crippen LogP contribution is -2.39. The van der Waals surface area contributed by atoms with Crippen LogP contribution in [0.25, 0.3) is 10.9 Å². The number of nitriles is 2. The van der Waals surface area contributed by atoms with Gasteiger partial charge < -0.3 is 5.32 Å². The van der Waals surface area contributed by atoms with Crippen LogP contribution in [-0.2, 0) is 6.42 Å². The van der Waals surface area contributed by atoms with E-state index in [4.69, 9.17) is 5.26 Å². The molecule has 3 aliphatic rings. The van der Waals surface area contributed by atoms with Crippen molar-refractivity contribution in [1.82, 2.24) is 4.98 Å². The minimum Gasteiger partial charge on any atom is -0.382 e. The van der Waals surface area contributed by atoms with Gasteiger partial charge in [0.1, 0.15) is 10.5 Å². The standard InChI is InChI=1S/C20H19BBrFN4S/c1-10-17(26-18-12-7-14(18)21(8-12)9-25)13-6-11(4-3-5-24)15(22)16(23)19(13)27-20(10)28-2/h6,12,14,18H,3-4,7-8H2,1-2H3,(H,26,27). The number of rotatable bonds is 5. The van der Waals surface area contributed by atoms with Gasteiger partial charge in [-0.05, 0) is 65.3 Å². The van der Waals surface area contributed by atoms with Crippen molar-refractivity contribution < 1.29 is 4.39 Å². The summed E-state index contributed by atoms with van der Waals surface area (Å²) in [5, 5.41) is 23.5. The number of nitrogens with zero attached hydrogens (tertiary/aromatic N) is 3. The zero-order chi connectivity index (χ0) is 20.0. The number of fused-ring (bicyclic) bond motifs is 2. The molecule has 8 heteroatoms. The van der Waals surface area contributed by atoms with Crippen LogP contribution in [0.5, 0.6) is 0 Å². The minimum absolute atomic E-state index is 0.119. The second-order valence-electron chi connectivity index (χ2n) is 7.64. The van der Waals surface area contributed by atoms with Crippen LogP contribution < -0.4 is 5.32 Å². The molecule has 0 amide bonds. The zero-order valence-electron chi connectivity index (χ0n) is 15.7. The highest BCUT2D eigenvalue weighted by molar-refractivity contribution is 9.10. The van der Waals surface area contributed by atoms with Crippen LogP contribution in [-0.4, -0.2) is 24.0 Å². The Kier molecular flexibility index (Phi) is 5.29. The van der Waals surface area contributed by atoms with Crippen LogP contribution in [0.4, 0.5) is 10.1 Å². The first-order valence-electron chi connectivity index (χ1n) is 9.38. The Hall–Kier alpha value is -1.77. The summed E-state index contributed by atoms with van der Waals surface area (Å²) in [5.41, 5.74) is 3.04. The second kappa shape index (κ2) is 7.57. The molecule has 2 saturated heterocycles. The molecule has 2 aromatic rings. The number of halogens is 2. The molecule has 4 nitrogen and oxygen atoms in total. The molecular formula is C20H19BBrFN4S. The molecule has 1 aromatic carbocycles. The summed E-state index contributed by atoms with van der Waals surface area (Å²) in [5.74, 6) is 2.94. The number of hydrogen-bond donors (Lipinski definition) is 1. The van der Waals surface area contributed by atoms with E-state index in [2.05, 4.69) is 38.3 Å². The number of thioether (sulfide) groups is 1. The number of nitrogens with one attached hydrogen (secondary N) is 1. The largest absolute Gasteiger partial charge is 0.382 e. The van der Waals surface area contributed by atoms with E-state index in [1.165, 1.54) is 11.8 Å². The summed E-state index contributed by atoms with van der Waals surface area (Å²) in [7, 11) is 0. The van der Waals surface area contributed by atoms with E-state index < -0.39 is 0 Å². The molecule has 1 aliphatic carbocycles. The molecule has 0 spiro atoms. The van der Waals surface area contributed by atoms with Crippen molar-refractivity contribution in [2.45, 2.75) is 49.4 Å². The van der Waals surface area contributed by atoms with Gasteiger partial charge >= 0.3 is 0 Å². The Labute approximate surface area is 177 Å². The number of anilines is 1. The molecule has 2 aliphatic heterocycles. The molecule has 1 N–H and O–H groups in total. The topological polar surface area (TPSA) is 72.5 Å². The average molecular weight is 457 g/mol. The van der Waals surface area contributed by atoms with Gasteiger partial charge in [0.2, 0.25) is 0 Å². The average Bonchev–Trinajstić information content (AvgIpc) is 3.27.